The number of aromatic nitrogens is 1. The van der Waals surface area contributed by atoms with Crippen LogP contribution in [0.25, 0.3) is 0 Å². The zero-order valence-electron chi connectivity index (χ0n) is 11.8. The van der Waals surface area contributed by atoms with Gasteiger partial charge < -0.3 is 20.5 Å². The molecule has 6 heteroatoms. The van der Waals surface area contributed by atoms with Gasteiger partial charge in [-0.05, 0) is 32.9 Å². The van der Waals surface area contributed by atoms with E-state index < -0.39 is 17.7 Å². The normalized spacial score (nSPS) is 12.7. The minimum atomic E-state index is -0.531. The van der Waals surface area contributed by atoms with E-state index in [9.17, 15) is 4.79 Å². The van der Waals surface area contributed by atoms with Crippen LogP contribution in [0.3, 0.4) is 0 Å². The number of methoxy groups -OCH3 is 1. The number of amides is 1. The summed E-state index contributed by atoms with van der Waals surface area (Å²) in [6.45, 7) is 5.62. The topological polar surface area (TPSA) is 86.5 Å². The van der Waals surface area contributed by atoms with Crippen molar-refractivity contribution in [2.45, 2.75) is 32.4 Å². The quantitative estimate of drug-likeness (QED) is 0.865. The predicted octanol–water partition coefficient (Wildman–Crippen LogP) is 1.61. The first-order chi connectivity index (χ1) is 8.83. The van der Waals surface area contributed by atoms with Gasteiger partial charge in [0.2, 0.25) is 0 Å². The molecule has 1 heterocycles. The van der Waals surface area contributed by atoms with Crippen LogP contribution in [-0.4, -0.2) is 30.3 Å². The highest BCUT2D eigenvalue weighted by atomic mass is 16.6. The molecule has 3 N–H and O–H groups in total. The van der Waals surface area contributed by atoms with Crippen molar-refractivity contribution in [1.29, 1.82) is 0 Å². The molecule has 0 aliphatic carbocycles. The SMILES string of the molecule is COc1cccnc1C(N)CNC(=O)OC(C)(C)C. The van der Waals surface area contributed by atoms with Gasteiger partial charge in [-0.1, -0.05) is 0 Å². The number of pyridine rings is 1. The molecule has 106 valence electrons. The fraction of sp³-hybridized carbons (Fsp3) is 0.538. The van der Waals surface area contributed by atoms with Gasteiger partial charge in [-0.3, -0.25) is 4.98 Å². The lowest BCUT2D eigenvalue weighted by atomic mass is 10.2. The molecule has 0 radical (unpaired) electrons. The van der Waals surface area contributed by atoms with Crippen LogP contribution in [-0.2, 0) is 4.74 Å². The smallest absolute Gasteiger partial charge is 0.407 e. The maximum Gasteiger partial charge on any atom is 0.407 e. The monoisotopic (exact) mass is 267 g/mol. The number of hydrogen-bond donors (Lipinski definition) is 2. The fourth-order valence-corrected chi connectivity index (χ4v) is 1.46. The van der Waals surface area contributed by atoms with Crippen molar-refractivity contribution in [2.75, 3.05) is 13.7 Å². The maximum atomic E-state index is 11.5. The predicted molar refractivity (Wildman–Crippen MR) is 72.0 cm³/mol. The third-order valence-corrected chi connectivity index (χ3v) is 2.24. The molecule has 0 fully saturated rings. The van der Waals surface area contributed by atoms with Crippen molar-refractivity contribution in [3.8, 4) is 5.75 Å². The van der Waals surface area contributed by atoms with E-state index in [4.69, 9.17) is 15.2 Å². The van der Waals surface area contributed by atoms with E-state index in [1.165, 1.54) is 0 Å². The van der Waals surface area contributed by atoms with Gasteiger partial charge in [0.15, 0.2) is 0 Å². The molecule has 0 saturated heterocycles. The average molecular weight is 267 g/mol. The molecule has 1 rings (SSSR count). The lowest BCUT2D eigenvalue weighted by Crippen LogP contribution is -2.36. The number of hydrogen-bond acceptors (Lipinski definition) is 5. The number of nitrogens with two attached hydrogens (primary N) is 1. The Labute approximate surface area is 113 Å². The van der Waals surface area contributed by atoms with Gasteiger partial charge in [-0.25, -0.2) is 4.79 Å². The van der Waals surface area contributed by atoms with Crippen LogP contribution in [0.2, 0.25) is 0 Å². The molecule has 0 saturated carbocycles. The molecule has 0 aliphatic heterocycles. The molecule has 1 atom stereocenters. The molecule has 0 aliphatic rings. The van der Waals surface area contributed by atoms with Crippen molar-refractivity contribution in [2.24, 2.45) is 5.73 Å². The maximum absolute atomic E-state index is 11.5. The lowest BCUT2D eigenvalue weighted by molar-refractivity contribution is 0.0524. The van der Waals surface area contributed by atoms with Gasteiger partial charge in [0.1, 0.15) is 17.0 Å². The van der Waals surface area contributed by atoms with Crippen molar-refractivity contribution in [1.82, 2.24) is 10.3 Å². The van der Waals surface area contributed by atoms with Gasteiger partial charge in [-0.2, -0.15) is 0 Å². The molecule has 19 heavy (non-hydrogen) atoms. The van der Waals surface area contributed by atoms with Crippen LogP contribution in [0.15, 0.2) is 18.3 Å². The summed E-state index contributed by atoms with van der Waals surface area (Å²) in [4.78, 5) is 15.7. The van der Waals surface area contributed by atoms with Gasteiger partial charge in [0.05, 0.1) is 13.2 Å². The van der Waals surface area contributed by atoms with E-state index in [0.717, 1.165) is 0 Å². The largest absolute Gasteiger partial charge is 0.495 e. The fourth-order valence-electron chi connectivity index (χ4n) is 1.46. The summed E-state index contributed by atoms with van der Waals surface area (Å²) in [5.41, 5.74) is 6.04. The summed E-state index contributed by atoms with van der Waals surface area (Å²) >= 11 is 0. The standard InChI is InChI=1S/C13H21N3O3/c1-13(2,3)19-12(17)16-8-9(14)11-10(18-4)6-5-7-15-11/h5-7,9H,8,14H2,1-4H3,(H,16,17). The average Bonchev–Trinajstić information content (AvgIpc) is 2.33. The molecule has 0 bridgehead atoms. The number of nitrogens with zero attached hydrogens (tertiary/aromatic N) is 1. The third-order valence-electron chi connectivity index (χ3n) is 2.24. The van der Waals surface area contributed by atoms with Crippen molar-refractivity contribution < 1.29 is 14.3 Å². The Hall–Kier alpha value is -1.82. The van der Waals surface area contributed by atoms with Gasteiger partial charge >= 0.3 is 6.09 Å². The number of rotatable bonds is 4. The number of carbonyl (C=O) groups is 1. The van der Waals surface area contributed by atoms with Crippen LogP contribution < -0.4 is 15.8 Å². The minimum absolute atomic E-state index is 0.224. The highest BCUT2D eigenvalue weighted by Crippen LogP contribution is 2.20. The van der Waals surface area contributed by atoms with Crippen LogP contribution in [0.1, 0.15) is 32.5 Å². The first-order valence-corrected chi connectivity index (χ1v) is 6.05. The Kier molecular flexibility index (Phi) is 5.11. The Balaban J connectivity index is 2.56. The molecular weight excluding hydrogens is 246 g/mol. The van der Waals surface area contributed by atoms with Gasteiger partial charge in [0, 0.05) is 12.7 Å². The van der Waals surface area contributed by atoms with Crippen LogP contribution in [0.5, 0.6) is 5.75 Å². The van der Waals surface area contributed by atoms with E-state index in [1.54, 1.807) is 46.2 Å². The zero-order valence-corrected chi connectivity index (χ0v) is 11.8. The van der Waals surface area contributed by atoms with E-state index in [0.29, 0.717) is 11.4 Å². The second-order valence-corrected chi connectivity index (χ2v) is 5.08. The Morgan fingerprint density at radius 2 is 2.21 bits per heavy atom. The molecule has 1 unspecified atom stereocenters. The summed E-state index contributed by atoms with van der Waals surface area (Å²) in [7, 11) is 1.55. The zero-order chi connectivity index (χ0) is 14.5. The molecule has 1 aromatic rings. The Morgan fingerprint density at radius 1 is 1.53 bits per heavy atom. The summed E-state index contributed by atoms with van der Waals surface area (Å²) in [5.74, 6) is 0.598. The number of ether oxygens (including phenoxy) is 2. The minimum Gasteiger partial charge on any atom is -0.495 e. The highest BCUT2D eigenvalue weighted by molar-refractivity contribution is 5.67. The molecule has 1 amide bonds. The number of carbonyl (C=O) groups excluding carboxylic acids is 1. The summed E-state index contributed by atoms with van der Waals surface area (Å²) in [6.07, 6.45) is 1.13. The van der Waals surface area contributed by atoms with Crippen molar-refractivity contribution >= 4 is 6.09 Å². The first kappa shape index (κ1) is 15.2. The lowest BCUT2D eigenvalue weighted by Gasteiger charge is -2.21. The molecule has 0 spiro atoms. The highest BCUT2D eigenvalue weighted by Gasteiger charge is 2.18. The molecule has 1 aromatic heterocycles. The molecular formula is C13H21N3O3. The van der Waals surface area contributed by atoms with E-state index in [-0.39, 0.29) is 6.54 Å². The van der Waals surface area contributed by atoms with E-state index in [1.807, 2.05) is 0 Å². The second kappa shape index (κ2) is 6.38. The number of nitrogens with one attached hydrogen (secondary N) is 1. The Morgan fingerprint density at radius 3 is 2.79 bits per heavy atom. The molecule has 0 aromatic carbocycles. The first-order valence-electron chi connectivity index (χ1n) is 6.05. The molecule has 6 nitrogen and oxygen atoms in total. The summed E-state index contributed by atoms with van der Waals surface area (Å²) in [6, 6.07) is 3.08. The van der Waals surface area contributed by atoms with Crippen LogP contribution in [0.4, 0.5) is 4.79 Å². The van der Waals surface area contributed by atoms with Crippen molar-refractivity contribution in [3.05, 3.63) is 24.0 Å². The van der Waals surface area contributed by atoms with Crippen molar-refractivity contribution in [3.63, 3.8) is 0 Å². The number of alkyl carbamates (subject to hydrolysis) is 1. The van der Waals surface area contributed by atoms with Gasteiger partial charge in [0.25, 0.3) is 0 Å². The van der Waals surface area contributed by atoms with E-state index in [2.05, 4.69) is 10.3 Å². The second-order valence-electron chi connectivity index (χ2n) is 5.08. The van der Waals surface area contributed by atoms with E-state index >= 15 is 0 Å². The third kappa shape index (κ3) is 5.13. The summed E-state index contributed by atoms with van der Waals surface area (Å²) < 4.78 is 10.3. The van der Waals surface area contributed by atoms with Crippen LogP contribution in [0, 0.1) is 0 Å². The van der Waals surface area contributed by atoms with Gasteiger partial charge in [-0.15, -0.1) is 0 Å². The Bertz CT molecular complexity index is 429. The van der Waals surface area contributed by atoms with Crippen LogP contribution >= 0.6 is 0 Å². The summed E-state index contributed by atoms with van der Waals surface area (Å²) in [5, 5.41) is 2.61.